The van der Waals surface area contributed by atoms with Gasteiger partial charge in [-0.3, -0.25) is 0 Å². The van der Waals surface area contributed by atoms with Crippen molar-refractivity contribution >= 4 is 0 Å². The smallest absolute Gasteiger partial charge is 0.449 e. The van der Waals surface area contributed by atoms with E-state index in [4.69, 9.17) is 5.11 Å². The maximum absolute atomic E-state index is 12.2. The molecule has 1 aromatic heterocycles. The van der Waals surface area contributed by atoms with Crippen molar-refractivity contribution in [2.45, 2.75) is 24.4 Å². The Labute approximate surface area is 78.3 Å². The van der Waals surface area contributed by atoms with Crippen molar-refractivity contribution in [2.24, 2.45) is 0 Å². The van der Waals surface area contributed by atoms with Gasteiger partial charge in [0.05, 0.1) is 12.0 Å². The summed E-state index contributed by atoms with van der Waals surface area (Å²) < 4.78 is 41.2. The first kappa shape index (κ1) is 9.58. The normalized spacial score (nSPS) is 19.7. The summed E-state index contributed by atoms with van der Waals surface area (Å²) in [4.78, 5) is 0. The topological polar surface area (TPSA) is 33.4 Å². The van der Waals surface area contributed by atoms with Gasteiger partial charge in [0.1, 0.15) is 5.76 Å². The lowest BCUT2D eigenvalue weighted by Crippen LogP contribution is -2.10. The lowest BCUT2D eigenvalue weighted by Gasteiger charge is -2.07. The largest absolute Gasteiger partial charge is 0.456 e. The highest BCUT2D eigenvalue weighted by Gasteiger charge is 2.48. The molecule has 2 nitrogen and oxygen atoms in total. The Hall–Kier alpha value is -0.970. The highest BCUT2D eigenvalue weighted by atomic mass is 19.4. The molecule has 1 heterocycles. The minimum absolute atomic E-state index is 0.155. The SMILES string of the molecule is OCC1(c2ccc(C(F)(F)F)o2)CC1. The summed E-state index contributed by atoms with van der Waals surface area (Å²) in [6, 6.07) is 2.21. The molecule has 0 aliphatic heterocycles. The van der Waals surface area contributed by atoms with Crippen molar-refractivity contribution in [1.29, 1.82) is 0 Å². The fraction of sp³-hybridized carbons (Fsp3) is 0.556. The standard InChI is InChI=1S/C9H9F3O2/c10-9(11,12)7-2-1-6(14-7)8(5-13)3-4-8/h1-2,13H,3-5H2. The zero-order chi connectivity index (χ0) is 10.4. The number of hydrogen-bond donors (Lipinski definition) is 1. The average Bonchev–Trinajstić information content (AvgIpc) is 2.73. The first-order chi connectivity index (χ1) is 6.48. The lowest BCUT2D eigenvalue weighted by atomic mass is 10.1. The van der Waals surface area contributed by atoms with Crippen molar-refractivity contribution in [3.05, 3.63) is 23.7 Å². The Kier molecular flexibility index (Phi) is 1.89. The van der Waals surface area contributed by atoms with Crippen LogP contribution in [-0.2, 0) is 11.6 Å². The van der Waals surface area contributed by atoms with Gasteiger partial charge in [-0.15, -0.1) is 0 Å². The molecular weight excluding hydrogens is 197 g/mol. The molecule has 0 radical (unpaired) electrons. The van der Waals surface area contributed by atoms with Crippen LogP contribution in [0.3, 0.4) is 0 Å². The number of aliphatic hydroxyl groups is 1. The van der Waals surface area contributed by atoms with Gasteiger partial charge in [-0.25, -0.2) is 0 Å². The summed E-state index contributed by atoms with van der Waals surface area (Å²) in [6.45, 7) is -0.155. The van der Waals surface area contributed by atoms with Crippen molar-refractivity contribution in [1.82, 2.24) is 0 Å². The quantitative estimate of drug-likeness (QED) is 0.805. The van der Waals surface area contributed by atoms with Gasteiger partial charge in [0, 0.05) is 0 Å². The molecular formula is C9H9F3O2. The molecule has 0 atom stereocenters. The maximum Gasteiger partial charge on any atom is 0.449 e. The van der Waals surface area contributed by atoms with E-state index in [0.29, 0.717) is 12.8 Å². The molecule has 1 aromatic rings. The van der Waals surface area contributed by atoms with Crippen molar-refractivity contribution in [3.63, 3.8) is 0 Å². The fourth-order valence-electron chi connectivity index (χ4n) is 1.41. The minimum Gasteiger partial charge on any atom is -0.456 e. The number of halogens is 3. The van der Waals surface area contributed by atoms with Crippen LogP contribution in [0.1, 0.15) is 24.4 Å². The Balaban J connectivity index is 2.27. The van der Waals surface area contributed by atoms with Crippen molar-refractivity contribution < 1.29 is 22.7 Å². The average molecular weight is 206 g/mol. The number of furan rings is 1. The van der Waals surface area contributed by atoms with Gasteiger partial charge in [0.25, 0.3) is 0 Å². The van der Waals surface area contributed by atoms with Crippen LogP contribution in [0.25, 0.3) is 0 Å². The van der Waals surface area contributed by atoms with Crippen molar-refractivity contribution in [3.8, 4) is 0 Å². The number of hydrogen-bond acceptors (Lipinski definition) is 2. The summed E-state index contributed by atoms with van der Waals surface area (Å²) in [5.41, 5.74) is -0.538. The molecule has 2 rings (SSSR count). The molecule has 0 bridgehead atoms. The van der Waals surface area contributed by atoms with Crippen LogP contribution in [-0.4, -0.2) is 11.7 Å². The van der Waals surface area contributed by atoms with Crippen LogP contribution in [0.5, 0.6) is 0 Å². The van der Waals surface area contributed by atoms with Crippen LogP contribution in [0.4, 0.5) is 13.2 Å². The molecule has 1 N–H and O–H groups in total. The molecule has 1 saturated carbocycles. The summed E-state index contributed by atoms with van der Waals surface area (Å²) in [7, 11) is 0. The van der Waals surface area contributed by atoms with Gasteiger partial charge in [-0.05, 0) is 25.0 Å². The van der Waals surface area contributed by atoms with E-state index >= 15 is 0 Å². The zero-order valence-corrected chi connectivity index (χ0v) is 7.27. The molecule has 0 aromatic carbocycles. The van der Waals surface area contributed by atoms with Crippen LogP contribution >= 0.6 is 0 Å². The predicted octanol–water partition coefficient (Wildman–Crippen LogP) is 2.32. The van der Waals surface area contributed by atoms with Gasteiger partial charge in [-0.2, -0.15) is 13.2 Å². The van der Waals surface area contributed by atoms with E-state index in [9.17, 15) is 13.2 Å². The van der Waals surface area contributed by atoms with E-state index in [-0.39, 0.29) is 12.4 Å². The Morgan fingerprint density at radius 1 is 1.36 bits per heavy atom. The van der Waals surface area contributed by atoms with E-state index in [1.54, 1.807) is 0 Å². The molecule has 78 valence electrons. The number of alkyl halides is 3. The van der Waals surface area contributed by atoms with Crippen molar-refractivity contribution in [2.75, 3.05) is 6.61 Å². The summed E-state index contributed by atoms with van der Waals surface area (Å²) >= 11 is 0. The van der Waals surface area contributed by atoms with E-state index in [1.165, 1.54) is 6.07 Å². The first-order valence-electron chi connectivity index (χ1n) is 4.26. The monoisotopic (exact) mass is 206 g/mol. The molecule has 0 unspecified atom stereocenters. The predicted molar refractivity (Wildman–Crippen MR) is 41.7 cm³/mol. The van der Waals surface area contributed by atoms with E-state index in [1.807, 2.05) is 0 Å². The Morgan fingerprint density at radius 3 is 2.36 bits per heavy atom. The third-order valence-corrected chi connectivity index (χ3v) is 2.56. The molecule has 0 saturated heterocycles. The van der Waals surface area contributed by atoms with E-state index in [2.05, 4.69) is 4.42 Å². The molecule has 0 spiro atoms. The second-order valence-corrected chi connectivity index (χ2v) is 3.60. The third-order valence-electron chi connectivity index (χ3n) is 2.56. The maximum atomic E-state index is 12.2. The highest BCUT2D eigenvalue weighted by molar-refractivity contribution is 5.24. The van der Waals surface area contributed by atoms with Crippen LogP contribution in [0, 0.1) is 0 Å². The van der Waals surface area contributed by atoms with Gasteiger partial charge in [-0.1, -0.05) is 0 Å². The summed E-state index contributed by atoms with van der Waals surface area (Å²) in [6.07, 6.45) is -3.06. The van der Waals surface area contributed by atoms with Crippen LogP contribution in [0.2, 0.25) is 0 Å². The van der Waals surface area contributed by atoms with Crippen LogP contribution < -0.4 is 0 Å². The molecule has 1 aliphatic rings. The van der Waals surface area contributed by atoms with E-state index < -0.39 is 17.4 Å². The molecule has 1 fully saturated rings. The number of aliphatic hydroxyl groups excluding tert-OH is 1. The molecule has 1 aliphatic carbocycles. The summed E-state index contributed by atoms with van der Waals surface area (Å²) in [5.74, 6) is -0.750. The van der Waals surface area contributed by atoms with Gasteiger partial charge >= 0.3 is 6.18 Å². The molecule has 14 heavy (non-hydrogen) atoms. The van der Waals surface area contributed by atoms with Gasteiger partial charge in [0.15, 0.2) is 0 Å². The third kappa shape index (κ3) is 1.41. The summed E-state index contributed by atoms with van der Waals surface area (Å²) in [5, 5.41) is 8.98. The van der Waals surface area contributed by atoms with Gasteiger partial charge in [0.2, 0.25) is 5.76 Å². The highest BCUT2D eigenvalue weighted by Crippen LogP contribution is 2.49. The Morgan fingerprint density at radius 2 is 2.00 bits per heavy atom. The first-order valence-corrected chi connectivity index (χ1v) is 4.26. The number of rotatable bonds is 2. The van der Waals surface area contributed by atoms with E-state index in [0.717, 1.165) is 6.07 Å². The molecule has 5 heteroatoms. The second-order valence-electron chi connectivity index (χ2n) is 3.60. The zero-order valence-electron chi connectivity index (χ0n) is 7.27. The van der Waals surface area contributed by atoms with Crippen LogP contribution in [0.15, 0.2) is 16.5 Å². The molecule has 0 amide bonds. The second kappa shape index (κ2) is 2.76. The Bertz CT molecular complexity index is 336. The fourth-order valence-corrected chi connectivity index (χ4v) is 1.41. The van der Waals surface area contributed by atoms with Gasteiger partial charge < -0.3 is 9.52 Å². The minimum atomic E-state index is -4.44. The lowest BCUT2D eigenvalue weighted by molar-refractivity contribution is -0.153.